The number of aromatic nitrogens is 1. The summed E-state index contributed by atoms with van der Waals surface area (Å²) in [6.45, 7) is 1.70. The number of likely N-dealkylation sites (tertiary alicyclic amines) is 1. The average molecular weight is 317 g/mol. The summed E-state index contributed by atoms with van der Waals surface area (Å²) in [6.07, 6.45) is 1.74. The van der Waals surface area contributed by atoms with E-state index in [1.807, 2.05) is 35.7 Å². The molecule has 6 heteroatoms. The van der Waals surface area contributed by atoms with Crippen molar-refractivity contribution < 1.29 is 9.53 Å². The van der Waals surface area contributed by atoms with E-state index >= 15 is 0 Å². The number of rotatable bonds is 3. The molecule has 0 bridgehead atoms. The molecule has 1 aliphatic heterocycles. The lowest BCUT2D eigenvalue weighted by Gasteiger charge is -2.31. The molecule has 1 saturated heterocycles. The van der Waals surface area contributed by atoms with Gasteiger partial charge in [0, 0.05) is 24.4 Å². The number of piperidine rings is 1. The molecule has 0 aliphatic carbocycles. The Hall–Kier alpha value is -2.08. The van der Waals surface area contributed by atoms with E-state index < -0.39 is 0 Å². The third-order valence-corrected chi connectivity index (χ3v) is 4.53. The molecule has 116 valence electrons. The van der Waals surface area contributed by atoms with Crippen LogP contribution in [0.15, 0.2) is 35.7 Å². The summed E-state index contributed by atoms with van der Waals surface area (Å²) in [7, 11) is 0. The highest BCUT2D eigenvalue weighted by molar-refractivity contribution is 7.13. The van der Waals surface area contributed by atoms with Crippen molar-refractivity contribution in [2.24, 2.45) is 0 Å². The first kappa shape index (κ1) is 14.8. The van der Waals surface area contributed by atoms with Crippen LogP contribution in [0.1, 0.15) is 30.0 Å². The van der Waals surface area contributed by atoms with E-state index in [1.165, 1.54) is 11.3 Å². The van der Waals surface area contributed by atoms with E-state index in [4.69, 9.17) is 10.5 Å². The maximum Gasteiger partial charge on any atom is 0.410 e. The molecule has 1 fully saturated rings. The van der Waals surface area contributed by atoms with Crippen LogP contribution in [0, 0.1) is 0 Å². The third kappa shape index (κ3) is 3.57. The Balaban J connectivity index is 1.56. The largest absolute Gasteiger partial charge is 0.445 e. The highest BCUT2D eigenvalue weighted by atomic mass is 32.1. The van der Waals surface area contributed by atoms with E-state index in [0.717, 1.165) is 30.6 Å². The topological polar surface area (TPSA) is 68.5 Å². The van der Waals surface area contributed by atoms with Crippen LogP contribution in [0.25, 0.3) is 0 Å². The van der Waals surface area contributed by atoms with E-state index in [-0.39, 0.29) is 12.0 Å². The number of ether oxygens (including phenoxy) is 1. The number of anilines is 1. The van der Waals surface area contributed by atoms with Crippen molar-refractivity contribution in [3.05, 3.63) is 47.0 Å². The molecule has 2 aromatic rings. The lowest BCUT2D eigenvalue weighted by molar-refractivity contribution is 0.0856. The average Bonchev–Trinajstić information content (AvgIpc) is 3.00. The molecule has 1 aromatic heterocycles. The van der Waals surface area contributed by atoms with Crippen LogP contribution < -0.4 is 5.73 Å². The molecule has 0 unspecified atom stereocenters. The molecule has 0 spiro atoms. The SMILES string of the molecule is Nc1nc([C@@H]2CCCN(C(=O)OCc3ccccc3)C2)cs1. The third-order valence-electron chi connectivity index (χ3n) is 3.84. The van der Waals surface area contributed by atoms with Crippen molar-refractivity contribution in [3.8, 4) is 0 Å². The minimum Gasteiger partial charge on any atom is -0.445 e. The number of hydrogen-bond donors (Lipinski definition) is 1. The van der Waals surface area contributed by atoms with Gasteiger partial charge in [-0.2, -0.15) is 0 Å². The fourth-order valence-electron chi connectivity index (χ4n) is 2.68. The lowest BCUT2D eigenvalue weighted by Crippen LogP contribution is -2.39. The van der Waals surface area contributed by atoms with Crippen molar-refractivity contribution in [2.45, 2.75) is 25.4 Å². The Morgan fingerprint density at radius 2 is 2.23 bits per heavy atom. The molecule has 22 heavy (non-hydrogen) atoms. The molecule has 2 N–H and O–H groups in total. The molecule has 2 heterocycles. The van der Waals surface area contributed by atoms with Crippen LogP contribution in [0.3, 0.4) is 0 Å². The van der Waals surface area contributed by atoms with Gasteiger partial charge in [0.1, 0.15) is 6.61 Å². The zero-order valence-electron chi connectivity index (χ0n) is 12.3. The van der Waals surface area contributed by atoms with Crippen LogP contribution in [0.5, 0.6) is 0 Å². The van der Waals surface area contributed by atoms with Gasteiger partial charge >= 0.3 is 6.09 Å². The second-order valence-electron chi connectivity index (χ2n) is 5.44. The van der Waals surface area contributed by atoms with Crippen LogP contribution >= 0.6 is 11.3 Å². The highest BCUT2D eigenvalue weighted by Crippen LogP contribution is 2.28. The first-order valence-electron chi connectivity index (χ1n) is 7.39. The van der Waals surface area contributed by atoms with E-state index in [2.05, 4.69) is 4.98 Å². The minimum absolute atomic E-state index is 0.253. The van der Waals surface area contributed by atoms with Gasteiger partial charge in [0.2, 0.25) is 0 Å². The molecule has 1 atom stereocenters. The zero-order valence-corrected chi connectivity index (χ0v) is 13.1. The maximum absolute atomic E-state index is 12.2. The van der Waals surface area contributed by atoms with E-state index in [0.29, 0.717) is 18.3 Å². The predicted octanol–water partition coefficient (Wildman–Crippen LogP) is 3.24. The number of carbonyl (C=O) groups is 1. The molecule has 1 amide bonds. The normalized spacial score (nSPS) is 18.2. The number of nitrogen functional groups attached to an aromatic ring is 1. The van der Waals surface area contributed by atoms with Crippen molar-refractivity contribution >= 4 is 22.6 Å². The van der Waals surface area contributed by atoms with Crippen LogP contribution in [0.2, 0.25) is 0 Å². The molecular weight excluding hydrogens is 298 g/mol. The summed E-state index contributed by atoms with van der Waals surface area (Å²) in [6, 6.07) is 9.72. The second-order valence-corrected chi connectivity index (χ2v) is 6.33. The molecule has 0 saturated carbocycles. The monoisotopic (exact) mass is 317 g/mol. The Morgan fingerprint density at radius 3 is 2.95 bits per heavy atom. The first-order valence-corrected chi connectivity index (χ1v) is 8.27. The quantitative estimate of drug-likeness (QED) is 0.943. The molecule has 5 nitrogen and oxygen atoms in total. The Morgan fingerprint density at radius 1 is 1.41 bits per heavy atom. The van der Waals surface area contributed by atoms with Crippen molar-refractivity contribution in [3.63, 3.8) is 0 Å². The van der Waals surface area contributed by atoms with Gasteiger partial charge in [-0.1, -0.05) is 30.3 Å². The Bertz CT molecular complexity index is 629. The predicted molar refractivity (Wildman–Crippen MR) is 86.7 cm³/mol. The lowest BCUT2D eigenvalue weighted by atomic mass is 9.96. The van der Waals surface area contributed by atoms with E-state index in [1.54, 1.807) is 4.90 Å². The van der Waals surface area contributed by atoms with Gasteiger partial charge in [0.05, 0.1) is 5.69 Å². The Labute approximate surface area is 133 Å². The smallest absolute Gasteiger partial charge is 0.410 e. The summed E-state index contributed by atoms with van der Waals surface area (Å²) in [5, 5.41) is 2.57. The standard InChI is InChI=1S/C16H19N3O2S/c17-15-18-14(11-22-15)13-7-4-8-19(9-13)16(20)21-10-12-5-2-1-3-6-12/h1-3,5-6,11,13H,4,7-10H2,(H2,17,18)/t13-/m1/s1. The summed E-state index contributed by atoms with van der Waals surface area (Å²) in [5.74, 6) is 0.256. The fourth-order valence-corrected chi connectivity index (χ4v) is 3.33. The fraction of sp³-hybridized carbons (Fsp3) is 0.375. The summed E-state index contributed by atoms with van der Waals surface area (Å²) in [4.78, 5) is 18.3. The maximum atomic E-state index is 12.2. The number of amides is 1. The number of thiazole rings is 1. The number of hydrogen-bond acceptors (Lipinski definition) is 5. The van der Waals surface area contributed by atoms with Gasteiger partial charge in [-0.3, -0.25) is 0 Å². The number of benzene rings is 1. The summed E-state index contributed by atoms with van der Waals surface area (Å²) in [5.41, 5.74) is 7.68. The zero-order chi connectivity index (χ0) is 15.4. The molecule has 3 rings (SSSR count). The second kappa shape index (κ2) is 6.79. The van der Waals surface area contributed by atoms with Crippen molar-refractivity contribution in [1.82, 2.24) is 9.88 Å². The van der Waals surface area contributed by atoms with Gasteiger partial charge in [-0.05, 0) is 18.4 Å². The van der Waals surface area contributed by atoms with Crippen molar-refractivity contribution in [1.29, 1.82) is 0 Å². The summed E-state index contributed by atoms with van der Waals surface area (Å²) < 4.78 is 5.40. The van der Waals surface area contributed by atoms with Crippen molar-refractivity contribution in [2.75, 3.05) is 18.8 Å². The van der Waals surface area contributed by atoms with Crippen LogP contribution in [0.4, 0.5) is 9.93 Å². The first-order chi connectivity index (χ1) is 10.7. The van der Waals surface area contributed by atoms with Gasteiger partial charge in [-0.15, -0.1) is 11.3 Å². The van der Waals surface area contributed by atoms with Gasteiger partial charge in [-0.25, -0.2) is 9.78 Å². The summed E-state index contributed by atoms with van der Waals surface area (Å²) >= 11 is 1.45. The minimum atomic E-state index is -0.253. The van der Waals surface area contributed by atoms with Crippen LogP contribution in [-0.4, -0.2) is 29.1 Å². The molecule has 1 aromatic carbocycles. The molecular formula is C16H19N3O2S. The number of carbonyl (C=O) groups excluding carboxylic acids is 1. The Kier molecular flexibility index (Phi) is 4.58. The highest BCUT2D eigenvalue weighted by Gasteiger charge is 2.27. The van der Waals surface area contributed by atoms with Crippen LogP contribution in [-0.2, 0) is 11.3 Å². The number of nitrogens with two attached hydrogens (primary N) is 1. The number of nitrogens with zero attached hydrogens (tertiary/aromatic N) is 2. The van der Waals surface area contributed by atoms with Gasteiger partial charge in [0.25, 0.3) is 0 Å². The van der Waals surface area contributed by atoms with Gasteiger partial charge < -0.3 is 15.4 Å². The molecule has 0 radical (unpaired) electrons. The molecule has 1 aliphatic rings. The van der Waals surface area contributed by atoms with E-state index in [9.17, 15) is 4.79 Å². The van der Waals surface area contributed by atoms with Gasteiger partial charge in [0.15, 0.2) is 5.13 Å².